The van der Waals surface area contributed by atoms with E-state index in [1.54, 1.807) is 4.90 Å². The molecule has 0 aromatic heterocycles. The second-order valence-corrected chi connectivity index (χ2v) is 10.00. The van der Waals surface area contributed by atoms with E-state index in [2.05, 4.69) is 5.32 Å². The topological polar surface area (TPSA) is 71.1 Å². The molecule has 3 heterocycles. The lowest BCUT2D eigenvalue weighted by Crippen LogP contribution is -2.62. The van der Waals surface area contributed by atoms with Gasteiger partial charge in [0, 0.05) is 31.2 Å². The second kappa shape index (κ2) is 9.57. The number of alkyl halides is 3. The number of benzene rings is 1. The van der Waals surface area contributed by atoms with Crippen molar-refractivity contribution < 1.29 is 36.6 Å². The molecule has 1 saturated carbocycles. The lowest BCUT2D eigenvalue weighted by atomic mass is 10.0. The van der Waals surface area contributed by atoms with E-state index in [1.807, 2.05) is 4.90 Å². The predicted octanol–water partition coefficient (Wildman–Crippen LogP) is 3.31. The molecule has 1 aromatic carbocycles. The van der Waals surface area contributed by atoms with Crippen LogP contribution in [-0.2, 0) is 27.1 Å². The summed E-state index contributed by atoms with van der Waals surface area (Å²) in [5.74, 6) is -0.747. The number of fused-ring (bicyclic) bond motifs is 3. The molecule has 5 rings (SSSR count). The smallest absolute Gasteiger partial charge is 0.373 e. The van der Waals surface area contributed by atoms with Crippen LogP contribution < -0.4 is 5.32 Å². The van der Waals surface area contributed by atoms with E-state index >= 15 is 0 Å². The van der Waals surface area contributed by atoms with E-state index in [0.717, 1.165) is 31.4 Å². The number of morpholine rings is 1. The molecule has 11 heteroatoms. The summed E-state index contributed by atoms with van der Waals surface area (Å²) in [6.45, 7) is 1.60. The number of hydrogen-bond acceptors (Lipinski definition) is 4. The summed E-state index contributed by atoms with van der Waals surface area (Å²) in [7, 11) is 0. The van der Waals surface area contributed by atoms with Gasteiger partial charge in [-0.3, -0.25) is 4.79 Å². The number of carbonyl (C=O) groups excluding carboxylic acids is 2. The Morgan fingerprint density at radius 1 is 1.17 bits per heavy atom. The zero-order valence-corrected chi connectivity index (χ0v) is 19.2. The Hall–Kier alpha value is -2.40. The summed E-state index contributed by atoms with van der Waals surface area (Å²) in [5.41, 5.74) is -0.942. The van der Waals surface area contributed by atoms with Gasteiger partial charge in [-0.15, -0.1) is 0 Å². The van der Waals surface area contributed by atoms with Crippen molar-refractivity contribution in [3.8, 4) is 0 Å². The van der Waals surface area contributed by atoms with E-state index in [0.29, 0.717) is 44.5 Å². The van der Waals surface area contributed by atoms with Crippen molar-refractivity contribution in [1.82, 2.24) is 15.1 Å². The monoisotopic (exact) mass is 499 g/mol. The van der Waals surface area contributed by atoms with Crippen molar-refractivity contribution in [2.75, 3.05) is 26.2 Å². The highest BCUT2D eigenvalue weighted by molar-refractivity contribution is 5.79. The zero-order chi connectivity index (χ0) is 24.7. The maximum atomic E-state index is 14.2. The Labute approximate surface area is 200 Å². The number of nitrogens with zero attached hydrogens (tertiary/aromatic N) is 2. The third kappa shape index (κ3) is 5.25. The molecule has 1 aromatic rings. The van der Waals surface area contributed by atoms with Gasteiger partial charge in [0.2, 0.25) is 5.91 Å². The average molecular weight is 500 g/mol. The molecule has 1 unspecified atom stereocenters. The predicted molar refractivity (Wildman–Crippen MR) is 116 cm³/mol. The molecule has 4 fully saturated rings. The van der Waals surface area contributed by atoms with E-state index in [9.17, 15) is 27.2 Å². The summed E-state index contributed by atoms with van der Waals surface area (Å²) in [5, 5.41) is 2.92. The maximum absolute atomic E-state index is 14.2. The normalized spacial score (nSPS) is 31.1. The van der Waals surface area contributed by atoms with E-state index in [4.69, 9.17) is 9.47 Å². The number of rotatable bonds is 3. The minimum absolute atomic E-state index is 0.00706. The molecule has 3 saturated heterocycles. The van der Waals surface area contributed by atoms with Crippen LogP contribution in [0.4, 0.5) is 22.4 Å². The van der Waals surface area contributed by atoms with Crippen LogP contribution in [0.15, 0.2) is 18.2 Å². The molecular weight excluding hydrogens is 470 g/mol. The first kappa shape index (κ1) is 24.3. The van der Waals surface area contributed by atoms with Crippen LogP contribution in [0.2, 0.25) is 0 Å². The van der Waals surface area contributed by atoms with E-state index < -0.39 is 17.6 Å². The van der Waals surface area contributed by atoms with E-state index in [-0.39, 0.29) is 55.0 Å². The number of amides is 3. The lowest BCUT2D eigenvalue weighted by Gasteiger charge is -2.43. The number of halogens is 4. The quantitative estimate of drug-likeness (QED) is 0.648. The molecule has 4 aliphatic rings. The van der Waals surface area contributed by atoms with Gasteiger partial charge < -0.3 is 24.6 Å². The Balaban J connectivity index is 1.18. The minimum atomic E-state index is -4.60. The fourth-order valence-corrected chi connectivity index (χ4v) is 5.78. The summed E-state index contributed by atoms with van der Waals surface area (Å²) < 4.78 is 64.1. The molecule has 3 aliphatic heterocycles. The summed E-state index contributed by atoms with van der Waals surface area (Å²) >= 11 is 0. The van der Waals surface area contributed by atoms with Crippen LogP contribution in [0, 0.1) is 11.7 Å². The van der Waals surface area contributed by atoms with Crippen LogP contribution in [-0.4, -0.2) is 72.3 Å². The summed E-state index contributed by atoms with van der Waals surface area (Å²) in [4.78, 5) is 28.7. The van der Waals surface area contributed by atoms with Gasteiger partial charge in [0.1, 0.15) is 12.4 Å². The van der Waals surface area contributed by atoms with Gasteiger partial charge in [0.15, 0.2) is 0 Å². The van der Waals surface area contributed by atoms with Gasteiger partial charge in [-0.1, -0.05) is 6.07 Å². The molecule has 0 radical (unpaired) electrons. The molecule has 5 atom stereocenters. The third-order valence-electron chi connectivity index (χ3n) is 7.63. The van der Waals surface area contributed by atoms with Crippen molar-refractivity contribution in [2.45, 2.75) is 69.2 Å². The molecule has 192 valence electrons. The number of likely N-dealkylation sites (tertiary alicyclic amines) is 2. The fraction of sp³-hybridized carbons (Fsp3) is 0.667. The van der Waals surface area contributed by atoms with Crippen molar-refractivity contribution in [2.24, 2.45) is 5.92 Å². The molecule has 7 nitrogen and oxygen atoms in total. The highest BCUT2D eigenvalue weighted by atomic mass is 19.4. The van der Waals surface area contributed by atoms with Crippen LogP contribution in [0.25, 0.3) is 0 Å². The molecule has 3 amide bonds. The molecule has 2 bridgehead atoms. The highest BCUT2D eigenvalue weighted by Gasteiger charge is 2.43. The van der Waals surface area contributed by atoms with Crippen LogP contribution in [0.3, 0.4) is 0 Å². The number of ether oxygens (including phenoxy) is 2. The van der Waals surface area contributed by atoms with Crippen molar-refractivity contribution in [1.29, 1.82) is 0 Å². The van der Waals surface area contributed by atoms with Crippen molar-refractivity contribution in [3.63, 3.8) is 0 Å². The largest absolute Gasteiger partial charge is 0.416 e. The standard InChI is InChI=1S/C24H29F4N3O4/c25-19-8-16(24(26,27)28)3-2-15(19)12-34-18-4-1-14-7-17(9-18)31(10-14)23(33)30-6-5-21-20(11-30)29-22(32)13-35-21/h2-3,8,14,17-18,20-21H,1,4-7,9-13H2,(H,29,32)/t14?,17-,18+,20+,21-/m0/s1. The van der Waals surface area contributed by atoms with E-state index in [1.165, 1.54) is 0 Å². The summed E-state index contributed by atoms with van der Waals surface area (Å²) in [6, 6.07) is 2.22. The molecule has 35 heavy (non-hydrogen) atoms. The number of carbonyl (C=O) groups is 2. The van der Waals surface area contributed by atoms with Crippen molar-refractivity contribution in [3.05, 3.63) is 35.1 Å². The Morgan fingerprint density at radius 3 is 2.77 bits per heavy atom. The van der Waals surface area contributed by atoms with Crippen LogP contribution in [0.1, 0.15) is 43.2 Å². The first-order valence-electron chi connectivity index (χ1n) is 12.1. The Bertz CT molecular complexity index is 975. The minimum Gasteiger partial charge on any atom is -0.373 e. The highest BCUT2D eigenvalue weighted by Crippen LogP contribution is 2.37. The van der Waals surface area contributed by atoms with Gasteiger partial charge >= 0.3 is 12.2 Å². The first-order chi connectivity index (χ1) is 16.7. The van der Waals surface area contributed by atoms with Gasteiger partial charge in [-0.05, 0) is 50.2 Å². The molecule has 1 aliphatic carbocycles. The van der Waals surface area contributed by atoms with Gasteiger partial charge in [-0.25, -0.2) is 9.18 Å². The molecular formula is C24H29F4N3O4. The molecule has 1 N–H and O–H groups in total. The third-order valence-corrected chi connectivity index (χ3v) is 7.63. The zero-order valence-electron chi connectivity index (χ0n) is 19.2. The lowest BCUT2D eigenvalue weighted by molar-refractivity contribution is -0.140. The molecule has 0 spiro atoms. The second-order valence-electron chi connectivity index (χ2n) is 10.00. The Morgan fingerprint density at radius 2 is 2.00 bits per heavy atom. The summed E-state index contributed by atoms with van der Waals surface area (Å²) in [6.07, 6.45) is -1.09. The van der Waals surface area contributed by atoms with Crippen LogP contribution >= 0.6 is 0 Å². The average Bonchev–Trinajstić information content (AvgIpc) is 3.10. The number of nitrogens with one attached hydrogen (secondary N) is 1. The van der Waals surface area contributed by atoms with Crippen LogP contribution in [0.5, 0.6) is 0 Å². The van der Waals surface area contributed by atoms with Gasteiger partial charge in [0.05, 0.1) is 30.4 Å². The first-order valence-corrected chi connectivity index (χ1v) is 12.1. The number of urea groups is 1. The number of hydrogen-bond donors (Lipinski definition) is 1. The maximum Gasteiger partial charge on any atom is 0.416 e. The Kier molecular flexibility index (Phi) is 6.65. The van der Waals surface area contributed by atoms with Gasteiger partial charge in [0.25, 0.3) is 0 Å². The van der Waals surface area contributed by atoms with Gasteiger partial charge in [-0.2, -0.15) is 13.2 Å². The fourth-order valence-electron chi connectivity index (χ4n) is 5.78. The SMILES string of the molecule is O=C1CO[C@H]2CCN(C(=O)N3CC4CC[C@@H](OCc5ccc(C(F)(F)F)cc5F)C[C@@H]3C4)C[C@H]2N1. The van der Waals surface area contributed by atoms with Crippen molar-refractivity contribution >= 4 is 11.9 Å². The number of piperidine rings is 1.